The van der Waals surface area contributed by atoms with Gasteiger partial charge in [-0.1, -0.05) is 23.2 Å². The summed E-state index contributed by atoms with van der Waals surface area (Å²) >= 11 is 14.6. The Morgan fingerprint density at radius 2 is 0.794 bits per heavy atom. The van der Waals surface area contributed by atoms with Gasteiger partial charge >= 0.3 is 0 Å². The number of benzene rings is 2. The van der Waals surface area contributed by atoms with Crippen molar-refractivity contribution >= 4 is 80.2 Å². The maximum Gasteiger partial charge on any atom is 0.199 e. The second kappa shape index (κ2) is 7.68. The largest absolute Gasteiger partial charge is 0.288 e. The van der Waals surface area contributed by atoms with Crippen molar-refractivity contribution in [1.29, 1.82) is 0 Å². The van der Waals surface area contributed by atoms with E-state index in [1.165, 1.54) is 34.8 Å². The fourth-order valence-electron chi connectivity index (χ4n) is 4.21. The van der Waals surface area contributed by atoms with E-state index in [0.717, 1.165) is 9.06 Å². The fraction of sp³-hybridized carbons (Fsp3) is 0. The second-order valence-electron chi connectivity index (χ2n) is 7.77. The summed E-state index contributed by atoms with van der Waals surface area (Å²) in [5.74, 6) is -1.30. The first-order valence-electron chi connectivity index (χ1n) is 10.1. The molecule has 0 atom stereocenters. The average molecular weight is 521 g/mol. The Balaban J connectivity index is 1.52. The fourth-order valence-corrected chi connectivity index (χ4v) is 6.73. The molecule has 2 aliphatic carbocycles. The molecule has 2 aromatic carbocycles. The minimum atomic E-state index is -0.336. The third kappa shape index (κ3) is 3.11. The molecule has 2 aromatic heterocycles. The van der Waals surface area contributed by atoms with Crippen LogP contribution in [-0.2, 0) is 0 Å². The zero-order valence-electron chi connectivity index (χ0n) is 17.0. The summed E-state index contributed by atoms with van der Waals surface area (Å²) in [6.45, 7) is 0. The summed E-state index contributed by atoms with van der Waals surface area (Å²) < 4.78 is 2.78. The van der Waals surface area contributed by atoms with Crippen LogP contribution in [0.1, 0.15) is 41.4 Å². The number of ketones is 4. The summed E-state index contributed by atoms with van der Waals surface area (Å²) in [7, 11) is 0. The molecule has 0 amide bonds. The van der Waals surface area contributed by atoms with Gasteiger partial charge in [0.05, 0.1) is 11.1 Å². The summed E-state index contributed by atoms with van der Waals surface area (Å²) in [6.07, 6.45) is 0. The van der Waals surface area contributed by atoms with Gasteiger partial charge in [0, 0.05) is 50.4 Å². The van der Waals surface area contributed by atoms with Crippen molar-refractivity contribution in [3.05, 3.63) is 111 Å². The van der Waals surface area contributed by atoms with Crippen LogP contribution in [0.4, 0.5) is 0 Å². The van der Waals surface area contributed by atoms with Gasteiger partial charge in [0.1, 0.15) is 0 Å². The highest BCUT2D eigenvalue weighted by atomic mass is 35.5. The molecule has 8 heteroatoms. The van der Waals surface area contributed by atoms with E-state index < -0.39 is 0 Å². The molecule has 6 rings (SSSR count). The van der Waals surface area contributed by atoms with Gasteiger partial charge in [-0.05, 0) is 60.7 Å². The van der Waals surface area contributed by atoms with Crippen molar-refractivity contribution in [2.75, 3.05) is 0 Å². The first-order valence-corrected chi connectivity index (χ1v) is 12.4. The predicted octanol–water partition coefficient (Wildman–Crippen LogP) is 4.86. The van der Waals surface area contributed by atoms with Crippen molar-refractivity contribution in [1.82, 2.24) is 0 Å². The van der Waals surface area contributed by atoms with Crippen molar-refractivity contribution in [2.45, 2.75) is 0 Å². The number of carbonyl (C=O) groups is 4. The Morgan fingerprint density at radius 3 is 1.21 bits per heavy atom. The van der Waals surface area contributed by atoms with E-state index in [1.54, 1.807) is 36.4 Å². The van der Waals surface area contributed by atoms with E-state index in [9.17, 15) is 19.2 Å². The second-order valence-corrected chi connectivity index (χ2v) is 10.8. The molecule has 34 heavy (non-hydrogen) atoms. The maximum absolute atomic E-state index is 12.9. The lowest BCUT2D eigenvalue weighted by atomic mass is 10.1. The SMILES string of the molecule is O=C1/C(=c2/cc/c(=c3/cc/c(=C4/C(=O)c5ccc(Cl)cc5C4=O)s3)s2)C(=O)c2cc(Cl)ccc21. The van der Waals surface area contributed by atoms with Gasteiger partial charge in [-0.2, -0.15) is 0 Å². The van der Waals surface area contributed by atoms with E-state index in [2.05, 4.69) is 0 Å². The molecule has 4 aromatic rings. The lowest BCUT2D eigenvalue weighted by Crippen LogP contribution is -2.10. The molecule has 2 aliphatic rings. The third-order valence-corrected chi connectivity index (χ3v) is 8.67. The van der Waals surface area contributed by atoms with Gasteiger partial charge in [-0.15, -0.1) is 22.7 Å². The summed E-state index contributed by atoms with van der Waals surface area (Å²) in [5.41, 5.74) is 1.60. The number of Topliss-reactive ketones (excluding diaryl/α,β-unsaturated/α-hetero) is 4. The van der Waals surface area contributed by atoms with Crippen LogP contribution in [0.25, 0.3) is 11.1 Å². The molecule has 0 N–H and O–H groups in total. The van der Waals surface area contributed by atoms with Crippen molar-refractivity contribution in [3.8, 4) is 0 Å². The van der Waals surface area contributed by atoms with Gasteiger partial charge < -0.3 is 0 Å². The zero-order valence-corrected chi connectivity index (χ0v) is 20.1. The van der Waals surface area contributed by atoms with Crippen LogP contribution in [-0.4, -0.2) is 23.1 Å². The third-order valence-electron chi connectivity index (χ3n) is 5.80. The highest BCUT2D eigenvalue weighted by molar-refractivity contribution is 7.12. The number of fused-ring (bicyclic) bond motifs is 2. The number of hydrogen-bond donors (Lipinski definition) is 0. The van der Waals surface area contributed by atoms with Gasteiger partial charge in [0.2, 0.25) is 0 Å². The number of halogens is 2. The van der Waals surface area contributed by atoms with E-state index in [0.29, 0.717) is 41.4 Å². The highest BCUT2D eigenvalue weighted by Gasteiger charge is 2.35. The van der Waals surface area contributed by atoms with Crippen molar-refractivity contribution in [2.24, 2.45) is 0 Å². The van der Waals surface area contributed by atoms with E-state index in [4.69, 9.17) is 23.2 Å². The van der Waals surface area contributed by atoms with Gasteiger partial charge in [0.25, 0.3) is 0 Å². The monoisotopic (exact) mass is 520 g/mol. The summed E-state index contributed by atoms with van der Waals surface area (Å²) in [4.78, 5) is 51.5. The lowest BCUT2D eigenvalue weighted by molar-refractivity contribution is 0.101. The minimum absolute atomic E-state index is 0.133. The first-order chi connectivity index (χ1) is 16.3. The van der Waals surface area contributed by atoms with E-state index in [1.807, 2.05) is 12.1 Å². The van der Waals surface area contributed by atoms with E-state index in [-0.39, 0.29) is 34.3 Å². The van der Waals surface area contributed by atoms with E-state index >= 15 is 0 Å². The van der Waals surface area contributed by atoms with Crippen LogP contribution in [0, 0.1) is 9.06 Å². The smallest absolute Gasteiger partial charge is 0.199 e. The summed E-state index contributed by atoms with van der Waals surface area (Å²) in [6, 6.07) is 16.5. The molecule has 4 nitrogen and oxygen atoms in total. The quantitative estimate of drug-likeness (QED) is 0.332. The Hall–Kier alpha value is -3.16. The Bertz CT molecular complexity index is 1720. The molecule has 0 saturated heterocycles. The standard InChI is InChI=1S/C26H10Cl2O4S2/c27-11-1-3-13-15(9-11)25(31)21(23(13)29)19-7-5-17(33-19)18-6-8-20(34-18)22-24(30)14-4-2-12(28)10-16(14)26(22)32/h1-10H/b18-17+,21-19+,22-20+. The first kappa shape index (κ1) is 21.4. The Morgan fingerprint density at radius 1 is 0.441 bits per heavy atom. The van der Waals surface area contributed by atoms with Crippen LogP contribution in [0.5, 0.6) is 0 Å². The van der Waals surface area contributed by atoms with Crippen molar-refractivity contribution in [3.63, 3.8) is 0 Å². The number of hydrogen-bond acceptors (Lipinski definition) is 6. The molecular weight excluding hydrogens is 511 g/mol. The van der Waals surface area contributed by atoms with Crippen LogP contribution in [0.2, 0.25) is 10.0 Å². The summed E-state index contributed by atoms with van der Waals surface area (Å²) in [5, 5.41) is 0.800. The highest BCUT2D eigenvalue weighted by Crippen LogP contribution is 2.30. The van der Waals surface area contributed by atoms with Gasteiger partial charge in [0.15, 0.2) is 23.1 Å². The topological polar surface area (TPSA) is 68.3 Å². The molecular formula is C26H10Cl2O4S2. The molecule has 0 spiro atoms. The molecule has 0 radical (unpaired) electrons. The molecule has 0 unspecified atom stereocenters. The normalized spacial score (nSPS) is 19.1. The molecule has 2 heterocycles. The van der Waals surface area contributed by atoms with Crippen LogP contribution < -0.4 is 9.06 Å². The maximum atomic E-state index is 12.9. The van der Waals surface area contributed by atoms with Crippen LogP contribution in [0.3, 0.4) is 0 Å². The predicted molar refractivity (Wildman–Crippen MR) is 133 cm³/mol. The Labute approximate surface area is 209 Å². The zero-order chi connectivity index (χ0) is 23.7. The molecule has 0 aliphatic heterocycles. The minimum Gasteiger partial charge on any atom is -0.288 e. The average Bonchev–Trinajstić information content (AvgIpc) is 3.56. The van der Waals surface area contributed by atoms with Gasteiger partial charge in [-0.25, -0.2) is 0 Å². The molecule has 0 fully saturated rings. The number of rotatable bonds is 0. The van der Waals surface area contributed by atoms with Crippen molar-refractivity contribution < 1.29 is 19.2 Å². The molecule has 0 bridgehead atoms. The number of carbonyl (C=O) groups excluding carboxylic acids is 4. The molecule has 0 saturated carbocycles. The van der Waals surface area contributed by atoms with Crippen LogP contribution in [0.15, 0.2) is 60.7 Å². The Kier molecular flexibility index (Phi) is 4.83. The number of thiophene rings is 2. The molecule has 164 valence electrons. The van der Waals surface area contributed by atoms with Crippen LogP contribution >= 0.6 is 45.9 Å². The van der Waals surface area contributed by atoms with Gasteiger partial charge in [-0.3, -0.25) is 19.2 Å². The lowest BCUT2D eigenvalue weighted by Gasteiger charge is -1.94.